The number of benzene rings is 2. The molecule has 1 heterocycles. The first-order chi connectivity index (χ1) is 14.5. The number of hydrogen-bond donors (Lipinski definition) is 1. The summed E-state index contributed by atoms with van der Waals surface area (Å²) in [5.74, 6) is 0.448. The monoisotopic (exact) mass is 439 g/mol. The lowest BCUT2D eigenvalue weighted by atomic mass is 9.74. The van der Waals surface area contributed by atoms with E-state index >= 15 is 0 Å². The van der Waals surface area contributed by atoms with Crippen LogP contribution in [0, 0.1) is 6.92 Å². The molecule has 1 amide bonds. The summed E-state index contributed by atoms with van der Waals surface area (Å²) in [5.41, 5.74) is 3.40. The Bertz CT molecular complexity index is 994. The van der Waals surface area contributed by atoms with Crippen molar-refractivity contribution in [3.63, 3.8) is 0 Å². The van der Waals surface area contributed by atoms with Gasteiger partial charge in [-0.25, -0.2) is 0 Å². The van der Waals surface area contributed by atoms with Crippen LogP contribution in [0.15, 0.2) is 65.2 Å². The van der Waals surface area contributed by atoms with Crippen molar-refractivity contribution in [3.05, 3.63) is 77.6 Å². The molecule has 3 aromatic rings. The van der Waals surface area contributed by atoms with Crippen molar-refractivity contribution < 1.29 is 9.32 Å². The molecule has 31 heavy (non-hydrogen) atoms. The van der Waals surface area contributed by atoms with Gasteiger partial charge in [0.15, 0.2) is 0 Å². The highest BCUT2D eigenvalue weighted by atomic mass is 35.5. The molecule has 0 bridgehead atoms. The highest BCUT2D eigenvalue weighted by Gasteiger charge is 2.39. The second-order valence-corrected chi connectivity index (χ2v) is 8.37. The predicted molar refractivity (Wildman–Crippen MR) is 125 cm³/mol. The van der Waals surface area contributed by atoms with E-state index in [9.17, 15) is 4.79 Å². The summed E-state index contributed by atoms with van der Waals surface area (Å²) in [6, 6.07) is 20.6. The number of nitrogens with zero attached hydrogens (tertiary/aromatic N) is 2. The largest absolute Gasteiger partial charge is 0.360 e. The van der Waals surface area contributed by atoms with Gasteiger partial charge in [0, 0.05) is 17.1 Å². The van der Waals surface area contributed by atoms with Crippen LogP contribution in [0.2, 0.25) is 0 Å². The smallest absolute Gasteiger partial charge is 0.257 e. The molecule has 1 saturated carbocycles. The molecule has 0 saturated heterocycles. The number of aryl methyl sites for hydroxylation is 1. The summed E-state index contributed by atoms with van der Waals surface area (Å²) in [6.45, 7) is 1.79. The minimum atomic E-state index is -0.102. The summed E-state index contributed by atoms with van der Waals surface area (Å²) in [6.07, 6.45) is 3.87. The summed E-state index contributed by atoms with van der Waals surface area (Å²) in [7, 11) is 4.30. The SMILES string of the molecule is Cc1onc(-c2ccccc2)c1C(=O)NC1CCC(c2ccccc2)(N(C)C)CC1.Cl. The molecule has 1 aromatic heterocycles. The van der Waals surface area contributed by atoms with Crippen LogP contribution in [0.1, 0.15) is 47.4 Å². The summed E-state index contributed by atoms with van der Waals surface area (Å²) >= 11 is 0. The maximum atomic E-state index is 13.1. The molecule has 2 aromatic carbocycles. The van der Waals surface area contributed by atoms with Gasteiger partial charge in [-0.3, -0.25) is 9.69 Å². The van der Waals surface area contributed by atoms with Gasteiger partial charge in [0.1, 0.15) is 17.0 Å². The minimum Gasteiger partial charge on any atom is -0.360 e. The molecule has 0 aliphatic heterocycles. The van der Waals surface area contributed by atoms with Gasteiger partial charge in [-0.05, 0) is 52.3 Å². The van der Waals surface area contributed by atoms with E-state index in [-0.39, 0.29) is 29.9 Å². The molecule has 6 heteroatoms. The van der Waals surface area contributed by atoms with Gasteiger partial charge in [0.2, 0.25) is 0 Å². The van der Waals surface area contributed by atoms with Crippen LogP contribution < -0.4 is 5.32 Å². The van der Waals surface area contributed by atoms with Crippen LogP contribution >= 0.6 is 12.4 Å². The van der Waals surface area contributed by atoms with Crippen molar-refractivity contribution >= 4 is 18.3 Å². The highest BCUT2D eigenvalue weighted by molar-refractivity contribution is 6.00. The first kappa shape index (κ1) is 23.0. The Hall–Kier alpha value is -2.63. The normalized spacial score (nSPS) is 20.8. The molecular weight excluding hydrogens is 410 g/mol. The van der Waals surface area contributed by atoms with E-state index in [0.717, 1.165) is 31.2 Å². The van der Waals surface area contributed by atoms with Gasteiger partial charge >= 0.3 is 0 Å². The van der Waals surface area contributed by atoms with Gasteiger partial charge in [-0.2, -0.15) is 0 Å². The van der Waals surface area contributed by atoms with E-state index in [0.29, 0.717) is 17.0 Å². The van der Waals surface area contributed by atoms with E-state index in [1.165, 1.54) is 5.56 Å². The zero-order valence-corrected chi connectivity index (χ0v) is 19.1. The van der Waals surface area contributed by atoms with Crippen molar-refractivity contribution in [3.8, 4) is 11.3 Å². The third-order valence-electron chi connectivity index (χ3n) is 6.45. The zero-order valence-electron chi connectivity index (χ0n) is 18.3. The summed E-state index contributed by atoms with van der Waals surface area (Å²) < 4.78 is 5.37. The van der Waals surface area contributed by atoms with Gasteiger partial charge in [0.25, 0.3) is 5.91 Å². The molecule has 1 N–H and O–H groups in total. The standard InChI is InChI=1S/C25H29N3O2.ClH/c1-18-22(23(27-30-18)19-10-6-4-7-11-19)24(29)26-21-14-16-25(17-15-21,28(2)3)20-12-8-5-9-13-20;/h4-13,21H,14-17H2,1-3H3,(H,26,29);1H. The fraction of sp³-hybridized carbons (Fsp3) is 0.360. The Labute approximate surface area is 190 Å². The number of carbonyl (C=O) groups is 1. The quantitative estimate of drug-likeness (QED) is 0.593. The average Bonchev–Trinajstić information content (AvgIpc) is 3.17. The fourth-order valence-electron chi connectivity index (χ4n) is 4.67. The van der Waals surface area contributed by atoms with E-state index in [2.05, 4.69) is 59.8 Å². The molecule has 4 rings (SSSR count). The third kappa shape index (κ3) is 4.53. The van der Waals surface area contributed by atoms with Crippen LogP contribution in [-0.2, 0) is 5.54 Å². The topological polar surface area (TPSA) is 58.4 Å². The van der Waals surface area contributed by atoms with E-state index in [4.69, 9.17) is 4.52 Å². The van der Waals surface area contributed by atoms with Crippen LogP contribution in [0.5, 0.6) is 0 Å². The van der Waals surface area contributed by atoms with E-state index < -0.39 is 0 Å². The van der Waals surface area contributed by atoms with Gasteiger partial charge < -0.3 is 9.84 Å². The van der Waals surface area contributed by atoms with Crippen molar-refractivity contribution in [2.75, 3.05) is 14.1 Å². The van der Waals surface area contributed by atoms with Crippen molar-refractivity contribution in [1.29, 1.82) is 0 Å². The molecule has 0 radical (unpaired) electrons. The molecule has 0 atom stereocenters. The number of aromatic nitrogens is 1. The van der Waals surface area contributed by atoms with Crippen LogP contribution in [0.25, 0.3) is 11.3 Å². The Morgan fingerprint density at radius 2 is 1.61 bits per heavy atom. The number of hydrogen-bond acceptors (Lipinski definition) is 4. The lowest BCUT2D eigenvalue weighted by Crippen LogP contribution is -2.48. The second kappa shape index (κ2) is 9.67. The zero-order chi connectivity index (χ0) is 21.1. The average molecular weight is 440 g/mol. The third-order valence-corrected chi connectivity index (χ3v) is 6.45. The van der Waals surface area contributed by atoms with Crippen LogP contribution in [-0.4, -0.2) is 36.1 Å². The second-order valence-electron chi connectivity index (χ2n) is 8.37. The van der Waals surface area contributed by atoms with Gasteiger partial charge in [0.05, 0.1) is 0 Å². The number of halogens is 1. The lowest BCUT2D eigenvalue weighted by Gasteiger charge is -2.45. The summed E-state index contributed by atoms with van der Waals surface area (Å²) in [4.78, 5) is 15.5. The van der Waals surface area contributed by atoms with E-state index in [1.54, 1.807) is 6.92 Å². The number of nitrogens with one attached hydrogen (secondary N) is 1. The first-order valence-corrected chi connectivity index (χ1v) is 10.6. The highest BCUT2D eigenvalue weighted by Crippen LogP contribution is 2.41. The van der Waals surface area contributed by atoms with Crippen LogP contribution in [0.4, 0.5) is 0 Å². The number of amides is 1. The Morgan fingerprint density at radius 1 is 1.03 bits per heavy atom. The van der Waals surface area contributed by atoms with Crippen molar-refractivity contribution in [2.24, 2.45) is 0 Å². The maximum Gasteiger partial charge on any atom is 0.257 e. The molecule has 1 aliphatic rings. The predicted octanol–water partition coefficient (Wildman–Crippen LogP) is 5.20. The molecule has 1 fully saturated rings. The van der Waals surface area contributed by atoms with Crippen LogP contribution in [0.3, 0.4) is 0 Å². The Kier molecular flexibility index (Phi) is 7.19. The summed E-state index contributed by atoms with van der Waals surface area (Å²) in [5, 5.41) is 7.39. The molecule has 164 valence electrons. The molecule has 0 unspecified atom stereocenters. The molecule has 1 aliphatic carbocycles. The molecule has 5 nitrogen and oxygen atoms in total. The van der Waals surface area contributed by atoms with Gasteiger partial charge in [-0.15, -0.1) is 12.4 Å². The number of rotatable bonds is 5. The van der Waals surface area contributed by atoms with Crippen molar-refractivity contribution in [1.82, 2.24) is 15.4 Å². The molecule has 0 spiro atoms. The Morgan fingerprint density at radius 3 is 2.19 bits per heavy atom. The fourth-order valence-corrected chi connectivity index (χ4v) is 4.67. The maximum absolute atomic E-state index is 13.1. The minimum absolute atomic E-state index is 0. The number of carbonyl (C=O) groups excluding carboxylic acids is 1. The van der Waals surface area contributed by atoms with Crippen molar-refractivity contribution in [2.45, 2.75) is 44.2 Å². The van der Waals surface area contributed by atoms with E-state index in [1.807, 2.05) is 30.3 Å². The molecular formula is C25H30ClN3O2. The Balaban J connectivity index is 0.00000272. The first-order valence-electron chi connectivity index (χ1n) is 10.6. The lowest BCUT2D eigenvalue weighted by molar-refractivity contribution is 0.0758. The van der Waals surface area contributed by atoms with Gasteiger partial charge in [-0.1, -0.05) is 65.8 Å².